The molecule has 2 fully saturated rings. The lowest BCUT2D eigenvalue weighted by Gasteiger charge is -2.17. The van der Waals surface area contributed by atoms with Gasteiger partial charge in [-0.25, -0.2) is 9.59 Å². The highest BCUT2D eigenvalue weighted by atomic mass is 16.6. The van der Waals surface area contributed by atoms with E-state index in [1.54, 1.807) is 0 Å². The first-order chi connectivity index (χ1) is 19.4. The molecule has 8 N–H and O–H groups in total. The van der Waals surface area contributed by atoms with Gasteiger partial charge in [0.25, 0.3) is 11.1 Å². The van der Waals surface area contributed by atoms with Gasteiger partial charge in [0.05, 0.1) is 40.1 Å². The fraction of sp³-hybridized carbons (Fsp3) is 0.591. The molecule has 2 saturated heterocycles. The van der Waals surface area contributed by atoms with Crippen LogP contribution in [0.4, 0.5) is 0 Å². The van der Waals surface area contributed by atoms with E-state index in [-0.39, 0.29) is 17.7 Å². The predicted octanol–water partition coefficient (Wildman–Crippen LogP) is -5.98. The second-order valence-corrected chi connectivity index (χ2v) is 8.90. The highest BCUT2D eigenvalue weighted by Crippen LogP contribution is 2.29. The summed E-state index contributed by atoms with van der Waals surface area (Å²) in [4.78, 5) is 61.7. The van der Waals surface area contributed by atoms with E-state index in [4.69, 9.17) is 24.4 Å². The first-order valence-electron chi connectivity index (χ1n) is 11.9. The Morgan fingerprint density at radius 1 is 0.805 bits per heavy atom. The number of nitrogens with zero attached hydrogens (tertiary/aromatic N) is 2. The van der Waals surface area contributed by atoms with Crippen LogP contribution in [0.15, 0.2) is 31.6 Å². The van der Waals surface area contributed by atoms with Gasteiger partial charge in [0, 0.05) is 11.8 Å². The second kappa shape index (κ2) is 13.3. The number of hydrogen-bond acceptors (Lipinski definition) is 15. The van der Waals surface area contributed by atoms with Gasteiger partial charge in [-0.05, 0) is 0 Å². The second-order valence-electron chi connectivity index (χ2n) is 8.90. The summed E-state index contributed by atoms with van der Waals surface area (Å²) in [5, 5.41) is 57.0. The third kappa shape index (κ3) is 6.63. The van der Waals surface area contributed by atoms with Crippen LogP contribution in [0.1, 0.15) is 18.0 Å². The summed E-state index contributed by atoms with van der Waals surface area (Å²) >= 11 is 0. The Hall–Kier alpha value is -3.69. The summed E-state index contributed by atoms with van der Waals surface area (Å²) in [5.74, 6) is -0.825. The largest absolute Gasteiger partial charge is 0.490 e. The number of aromatic amines is 2. The SMILES string of the molecule is COC(=O)Cc1cn([C@@H]2O[C@H](CO)[C@@H](O)[C@H]2O)c(=O)[nH]c1=O.COc1cn([C@@H]2O[C@H](CO)[C@@H](O)[C@H]2O)c(=O)[nH]c1=O. The average molecular weight is 590 g/mol. The highest BCUT2D eigenvalue weighted by Gasteiger charge is 2.45. The van der Waals surface area contributed by atoms with Crippen molar-refractivity contribution >= 4 is 5.97 Å². The summed E-state index contributed by atoms with van der Waals surface area (Å²) in [5.41, 5.74) is -3.24. The van der Waals surface area contributed by atoms with E-state index in [1.807, 2.05) is 9.97 Å². The highest BCUT2D eigenvalue weighted by molar-refractivity contribution is 5.72. The number of methoxy groups -OCH3 is 2. The molecule has 2 aromatic heterocycles. The Bertz CT molecular complexity index is 1450. The summed E-state index contributed by atoms with van der Waals surface area (Å²) in [6.45, 7) is -1.06. The zero-order valence-electron chi connectivity index (χ0n) is 21.6. The van der Waals surface area contributed by atoms with Crippen molar-refractivity contribution < 1.29 is 54.4 Å². The van der Waals surface area contributed by atoms with Gasteiger partial charge in [-0.15, -0.1) is 0 Å². The van der Waals surface area contributed by atoms with Crippen LogP contribution >= 0.6 is 0 Å². The van der Waals surface area contributed by atoms with E-state index in [9.17, 15) is 44.4 Å². The van der Waals surface area contributed by atoms with Crippen molar-refractivity contribution in [2.24, 2.45) is 0 Å². The first kappa shape index (κ1) is 31.8. The molecule has 2 aromatic rings. The fourth-order valence-corrected chi connectivity index (χ4v) is 4.09. The third-order valence-corrected chi connectivity index (χ3v) is 6.34. The number of ether oxygens (including phenoxy) is 4. The monoisotopic (exact) mass is 590 g/mol. The molecule has 19 nitrogen and oxygen atoms in total. The molecule has 0 aliphatic carbocycles. The normalized spacial score (nSPS) is 29.1. The first-order valence-corrected chi connectivity index (χ1v) is 11.9. The molecule has 0 amide bonds. The Morgan fingerprint density at radius 3 is 1.68 bits per heavy atom. The maximum Gasteiger partial charge on any atom is 0.330 e. The molecule has 0 unspecified atom stereocenters. The van der Waals surface area contributed by atoms with Crippen LogP contribution in [0.25, 0.3) is 0 Å². The summed E-state index contributed by atoms with van der Waals surface area (Å²) < 4.78 is 21.3. The molecule has 0 saturated carbocycles. The fourth-order valence-electron chi connectivity index (χ4n) is 4.09. The standard InChI is InChI=1S/C12H16N2O8.C10H14N2O7/c1-21-7(16)2-5-3-14(12(20)13-10(5)19)11-9(18)8(17)6(4-15)22-11;1-18-4-2-12(10(17)11-8(4)16)9-7(15)6(14)5(3-13)19-9/h3,6,8-9,11,15,17-18H,2,4H2,1H3,(H,13,19,20);2,5-7,9,13-15H,3H2,1H3,(H,11,16,17)/t6-,8-,9-,11-;5-,6-,7-,9-/m11/s1. The van der Waals surface area contributed by atoms with Gasteiger partial charge in [0.1, 0.15) is 36.6 Å². The molecule has 228 valence electrons. The van der Waals surface area contributed by atoms with Gasteiger partial charge >= 0.3 is 17.3 Å². The average Bonchev–Trinajstić information content (AvgIpc) is 3.40. The maximum atomic E-state index is 11.8. The zero-order valence-corrected chi connectivity index (χ0v) is 21.6. The number of carbonyl (C=O) groups excluding carboxylic acids is 1. The van der Waals surface area contributed by atoms with E-state index < -0.39 is 90.8 Å². The number of nitrogens with one attached hydrogen (secondary N) is 2. The van der Waals surface area contributed by atoms with Gasteiger partial charge in [0.2, 0.25) is 5.75 Å². The van der Waals surface area contributed by atoms with Crippen LogP contribution in [0.3, 0.4) is 0 Å². The van der Waals surface area contributed by atoms with Crippen molar-refractivity contribution in [3.63, 3.8) is 0 Å². The number of rotatable bonds is 7. The van der Waals surface area contributed by atoms with Gasteiger partial charge in [-0.1, -0.05) is 0 Å². The maximum absolute atomic E-state index is 11.8. The van der Waals surface area contributed by atoms with Crippen molar-refractivity contribution in [2.45, 2.75) is 55.5 Å². The Morgan fingerprint density at radius 2 is 1.27 bits per heavy atom. The van der Waals surface area contributed by atoms with E-state index in [0.717, 1.165) is 28.6 Å². The van der Waals surface area contributed by atoms with Crippen molar-refractivity contribution in [3.05, 3.63) is 59.6 Å². The van der Waals surface area contributed by atoms with Gasteiger partial charge in [0.15, 0.2) is 12.5 Å². The Labute approximate surface area is 228 Å². The van der Waals surface area contributed by atoms with E-state index in [2.05, 4.69) is 4.74 Å². The number of aromatic nitrogens is 4. The van der Waals surface area contributed by atoms with Crippen LogP contribution in [-0.2, 0) is 25.4 Å². The lowest BCUT2D eigenvalue weighted by Crippen LogP contribution is -2.39. The van der Waals surface area contributed by atoms with Crippen LogP contribution < -0.4 is 27.2 Å². The van der Waals surface area contributed by atoms with Crippen molar-refractivity contribution in [2.75, 3.05) is 27.4 Å². The molecule has 4 rings (SSSR count). The molecule has 41 heavy (non-hydrogen) atoms. The number of esters is 1. The molecule has 0 bridgehead atoms. The van der Waals surface area contributed by atoms with Crippen LogP contribution in [-0.4, -0.2) is 120 Å². The molecule has 2 aliphatic rings. The molecular weight excluding hydrogens is 560 g/mol. The van der Waals surface area contributed by atoms with Crippen LogP contribution in [0, 0.1) is 0 Å². The predicted molar refractivity (Wildman–Crippen MR) is 131 cm³/mol. The minimum atomic E-state index is -1.48. The Balaban J connectivity index is 0.000000228. The van der Waals surface area contributed by atoms with Crippen molar-refractivity contribution in [1.82, 2.24) is 19.1 Å². The number of H-pyrrole nitrogens is 2. The smallest absolute Gasteiger partial charge is 0.330 e. The number of aliphatic hydroxyl groups is 6. The lowest BCUT2D eigenvalue weighted by molar-refractivity contribution is -0.139. The molecule has 0 spiro atoms. The molecule has 8 atom stereocenters. The molecule has 0 aromatic carbocycles. The minimum absolute atomic E-state index is 0.0656. The van der Waals surface area contributed by atoms with E-state index in [0.29, 0.717) is 0 Å². The number of carbonyl (C=O) groups is 1. The molecule has 0 radical (unpaired) electrons. The third-order valence-electron chi connectivity index (χ3n) is 6.34. The van der Waals surface area contributed by atoms with Crippen molar-refractivity contribution in [3.8, 4) is 5.75 Å². The minimum Gasteiger partial charge on any atom is -0.490 e. The van der Waals surface area contributed by atoms with Crippen molar-refractivity contribution in [1.29, 1.82) is 0 Å². The summed E-state index contributed by atoms with van der Waals surface area (Å²) in [6, 6.07) is 0. The number of hydrogen-bond donors (Lipinski definition) is 8. The van der Waals surface area contributed by atoms with Crippen LogP contribution in [0.2, 0.25) is 0 Å². The molecule has 19 heteroatoms. The van der Waals surface area contributed by atoms with E-state index >= 15 is 0 Å². The van der Waals surface area contributed by atoms with Crippen LogP contribution in [0.5, 0.6) is 5.75 Å². The molecule has 4 heterocycles. The molecular formula is C22H30N4O15. The quantitative estimate of drug-likeness (QED) is 0.139. The molecule has 2 aliphatic heterocycles. The topological polar surface area (TPSA) is 285 Å². The summed E-state index contributed by atoms with van der Waals surface area (Å²) in [6.07, 6.45) is -8.46. The number of aliphatic hydroxyl groups excluding tert-OH is 6. The van der Waals surface area contributed by atoms with Gasteiger partial charge in [-0.3, -0.25) is 33.5 Å². The zero-order chi connectivity index (χ0) is 30.6. The van der Waals surface area contributed by atoms with E-state index in [1.165, 1.54) is 7.11 Å². The Kier molecular flexibility index (Phi) is 10.3. The lowest BCUT2D eigenvalue weighted by atomic mass is 10.1. The van der Waals surface area contributed by atoms with Gasteiger partial charge in [-0.2, -0.15) is 0 Å². The van der Waals surface area contributed by atoms with Gasteiger partial charge < -0.3 is 49.6 Å². The summed E-state index contributed by atoms with van der Waals surface area (Å²) in [7, 11) is 2.40.